The van der Waals surface area contributed by atoms with Gasteiger partial charge in [0.1, 0.15) is 0 Å². The van der Waals surface area contributed by atoms with Crippen LogP contribution in [0.15, 0.2) is 40.3 Å². The maximum atomic E-state index is 11.9. The average molecular weight is 406 g/mol. The van der Waals surface area contributed by atoms with Crippen LogP contribution in [0.1, 0.15) is 15.5 Å². The first-order valence-electron chi connectivity index (χ1n) is 7.36. The number of carbonyl (C=O) groups excluding carboxylic acids is 1. The molecule has 7 heteroatoms. The normalized spacial score (nSPS) is 10.8. The minimum Gasteiger partial charge on any atom is -0.464 e. The number of benzene rings is 1. The highest BCUT2D eigenvalue weighted by atomic mass is 79.9. The number of halogens is 1. The molecule has 0 bridgehead atoms. The van der Waals surface area contributed by atoms with Crippen molar-refractivity contribution < 1.29 is 9.53 Å². The molecule has 0 aliphatic carbocycles. The van der Waals surface area contributed by atoms with E-state index >= 15 is 0 Å². The second-order valence-corrected chi connectivity index (χ2v) is 7.17. The zero-order valence-corrected chi connectivity index (χ0v) is 15.7. The number of hydrogen-bond acceptors (Lipinski definition) is 6. The summed E-state index contributed by atoms with van der Waals surface area (Å²) in [5, 5.41) is 4.05. The van der Waals surface area contributed by atoms with Gasteiger partial charge < -0.3 is 9.64 Å². The Bertz CT molecular complexity index is 868. The van der Waals surface area contributed by atoms with E-state index in [-0.39, 0.29) is 0 Å². The van der Waals surface area contributed by atoms with Gasteiger partial charge in [0.15, 0.2) is 5.69 Å². The standard InChI is InChI=1S/C17H16BrN3O2S/c1-21(7-5-16-19-6-8-24-16)15-10-14(17(22)23-2)20-13-4-3-11(18)9-12(13)15/h3-4,6,8-10H,5,7H2,1-2H3. The molecule has 0 saturated heterocycles. The third kappa shape index (κ3) is 3.57. The van der Waals surface area contributed by atoms with E-state index in [9.17, 15) is 4.79 Å². The van der Waals surface area contributed by atoms with Gasteiger partial charge in [-0.2, -0.15) is 0 Å². The van der Waals surface area contributed by atoms with Crippen molar-refractivity contribution in [3.63, 3.8) is 0 Å². The van der Waals surface area contributed by atoms with Crippen LogP contribution in [0.5, 0.6) is 0 Å². The molecule has 0 saturated carbocycles. The summed E-state index contributed by atoms with van der Waals surface area (Å²) in [6.07, 6.45) is 2.66. The first kappa shape index (κ1) is 16.9. The molecule has 124 valence electrons. The van der Waals surface area contributed by atoms with E-state index in [2.05, 4.69) is 30.8 Å². The number of carbonyl (C=O) groups is 1. The fraction of sp³-hybridized carbons (Fsp3) is 0.235. The number of methoxy groups -OCH3 is 1. The van der Waals surface area contributed by atoms with Crippen molar-refractivity contribution in [2.75, 3.05) is 25.6 Å². The number of thiazole rings is 1. The van der Waals surface area contributed by atoms with Crippen LogP contribution in [0.2, 0.25) is 0 Å². The number of pyridine rings is 1. The number of anilines is 1. The molecule has 0 aliphatic rings. The number of likely N-dealkylation sites (N-methyl/N-ethyl adjacent to an activating group) is 1. The van der Waals surface area contributed by atoms with Crippen LogP contribution in [0.3, 0.4) is 0 Å². The highest BCUT2D eigenvalue weighted by Crippen LogP contribution is 2.29. The maximum Gasteiger partial charge on any atom is 0.356 e. The van der Waals surface area contributed by atoms with E-state index in [0.29, 0.717) is 5.69 Å². The minimum atomic E-state index is -0.436. The molecule has 0 unspecified atom stereocenters. The average Bonchev–Trinajstić information content (AvgIpc) is 3.11. The van der Waals surface area contributed by atoms with Crippen LogP contribution in [-0.2, 0) is 11.2 Å². The van der Waals surface area contributed by atoms with Gasteiger partial charge in [0, 0.05) is 47.1 Å². The van der Waals surface area contributed by atoms with Gasteiger partial charge in [-0.1, -0.05) is 15.9 Å². The summed E-state index contributed by atoms with van der Waals surface area (Å²) < 4.78 is 5.79. The highest BCUT2D eigenvalue weighted by molar-refractivity contribution is 9.10. The summed E-state index contributed by atoms with van der Waals surface area (Å²) in [4.78, 5) is 22.8. The summed E-state index contributed by atoms with van der Waals surface area (Å²) in [6.45, 7) is 0.791. The van der Waals surface area contributed by atoms with Gasteiger partial charge in [0.25, 0.3) is 0 Å². The smallest absolute Gasteiger partial charge is 0.356 e. The Kier molecular flexibility index (Phi) is 5.11. The number of hydrogen-bond donors (Lipinski definition) is 0. The Morgan fingerprint density at radius 2 is 2.21 bits per heavy atom. The molecule has 24 heavy (non-hydrogen) atoms. The molecule has 0 fully saturated rings. The molecule has 1 aromatic carbocycles. The monoisotopic (exact) mass is 405 g/mol. The molecular weight excluding hydrogens is 390 g/mol. The van der Waals surface area contributed by atoms with Crippen molar-refractivity contribution in [1.29, 1.82) is 0 Å². The van der Waals surface area contributed by atoms with Gasteiger partial charge in [0.05, 0.1) is 17.6 Å². The van der Waals surface area contributed by atoms with Crippen molar-refractivity contribution in [3.8, 4) is 0 Å². The molecule has 0 N–H and O–H groups in total. The molecule has 0 spiro atoms. The molecule has 3 aromatic rings. The lowest BCUT2D eigenvalue weighted by molar-refractivity contribution is 0.0594. The van der Waals surface area contributed by atoms with Crippen LogP contribution in [0.4, 0.5) is 5.69 Å². The van der Waals surface area contributed by atoms with E-state index in [1.54, 1.807) is 17.4 Å². The Hall–Kier alpha value is -1.99. The quantitative estimate of drug-likeness (QED) is 0.602. The van der Waals surface area contributed by atoms with Gasteiger partial charge in [-0.3, -0.25) is 0 Å². The summed E-state index contributed by atoms with van der Waals surface area (Å²) in [7, 11) is 3.37. The number of esters is 1. The Balaban J connectivity index is 1.99. The molecule has 0 amide bonds. The molecule has 2 heterocycles. The van der Waals surface area contributed by atoms with Crippen LogP contribution < -0.4 is 4.90 Å². The molecule has 5 nitrogen and oxygen atoms in total. The van der Waals surface area contributed by atoms with Gasteiger partial charge in [0.2, 0.25) is 0 Å². The Morgan fingerprint density at radius 1 is 1.38 bits per heavy atom. The fourth-order valence-corrected chi connectivity index (χ4v) is 3.44. The lowest BCUT2D eigenvalue weighted by Gasteiger charge is -2.21. The molecule has 0 radical (unpaired) electrons. The summed E-state index contributed by atoms with van der Waals surface area (Å²) in [5.41, 5.74) is 2.01. The van der Waals surface area contributed by atoms with Gasteiger partial charge in [-0.25, -0.2) is 14.8 Å². The minimum absolute atomic E-state index is 0.309. The lowest BCUT2D eigenvalue weighted by Crippen LogP contribution is -2.21. The number of ether oxygens (including phenoxy) is 1. The van der Waals surface area contributed by atoms with Crippen molar-refractivity contribution in [3.05, 3.63) is 51.0 Å². The fourth-order valence-electron chi connectivity index (χ4n) is 2.47. The second-order valence-electron chi connectivity index (χ2n) is 5.28. The third-order valence-electron chi connectivity index (χ3n) is 3.70. The van der Waals surface area contributed by atoms with E-state index in [1.165, 1.54) is 7.11 Å². The van der Waals surface area contributed by atoms with Crippen LogP contribution >= 0.6 is 27.3 Å². The lowest BCUT2D eigenvalue weighted by atomic mass is 10.1. The SMILES string of the molecule is COC(=O)c1cc(N(C)CCc2nccs2)c2cc(Br)ccc2n1. The van der Waals surface area contributed by atoms with Gasteiger partial charge in [-0.15, -0.1) is 11.3 Å². The van der Waals surface area contributed by atoms with E-state index < -0.39 is 5.97 Å². The molecule has 3 rings (SSSR count). The largest absolute Gasteiger partial charge is 0.464 e. The first-order valence-corrected chi connectivity index (χ1v) is 9.04. The molecule has 0 aliphatic heterocycles. The van der Waals surface area contributed by atoms with E-state index in [0.717, 1.165) is 39.0 Å². The van der Waals surface area contributed by atoms with Crippen molar-refractivity contribution in [1.82, 2.24) is 9.97 Å². The summed E-state index contributed by atoms with van der Waals surface area (Å²) in [5.74, 6) is -0.436. The number of fused-ring (bicyclic) bond motifs is 1. The first-order chi connectivity index (χ1) is 11.6. The maximum absolute atomic E-state index is 11.9. The van der Waals surface area contributed by atoms with Crippen molar-refractivity contribution in [2.24, 2.45) is 0 Å². The van der Waals surface area contributed by atoms with Crippen LogP contribution in [0, 0.1) is 0 Å². The topological polar surface area (TPSA) is 55.3 Å². The van der Waals surface area contributed by atoms with Crippen molar-refractivity contribution >= 4 is 49.8 Å². The molecule has 0 atom stereocenters. The Morgan fingerprint density at radius 3 is 2.92 bits per heavy atom. The summed E-state index contributed by atoms with van der Waals surface area (Å²) in [6, 6.07) is 7.60. The van der Waals surface area contributed by atoms with E-state index in [4.69, 9.17) is 4.74 Å². The third-order valence-corrected chi connectivity index (χ3v) is 5.03. The van der Waals surface area contributed by atoms with Gasteiger partial charge >= 0.3 is 5.97 Å². The molecular formula is C17H16BrN3O2S. The predicted molar refractivity (Wildman–Crippen MR) is 99.9 cm³/mol. The van der Waals surface area contributed by atoms with Crippen LogP contribution in [-0.4, -0.2) is 36.6 Å². The van der Waals surface area contributed by atoms with E-state index in [1.807, 2.05) is 36.8 Å². The Labute approximate surface area is 152 Å². The summed E-state index contributed by atoms with van der Waals surface area (Å²) >= 11 is 5.15. The van der Waals surface area contributed by atoms with Crippen LogP contribution in [0.25, 0.3) is 10.9 Å². The predicted octanol–water partition coefficient (Wildman–Crippen LogP) is 3.92. The zero-order chi connectivity index (χ0) is 17.1. The number of aromatic nitrogens is 2. The zero-order valence-electron chi connectivity index (χ0n) is 13.3. The number of nitrogens with zero attached hydrogens (tertiary/aromatic N) is 3. The number of rotatable bonds is 5. The van der Waals surface area contributed by atoms with Crippen molar-refractivity contribution in [2.45, 2.75) is 6.42 Å². The second kappa shape index (κ2) is 7.27. The van der Waals surface area contributed by atoms with Gasteiger partial charge in [-0.05, 0) is 24.3 Å². The highest BCUT2D eigenvalue weighted by Gasteiger charge is 2.15. The molecule has 2 aromatic heterocycles.